The van der Waals surface area contributed by atoms with Crippen molar-refractivity contribution >= 4 is 15.9 Å². The van der Waals surface area contributed by atoms with Gasteiger partial charge in [0.15, 0.2) is 0 Å². The molecular formula is C14H23N3O3S. The minimum atomic E-state index is -3.77. The second-order valence-electron chi connectivity index (χ2n) is 5.79. The highest BCUT2D eigenvalue weighted by Gasteiger charge is 2.33. The molecule has 3 N–H and O–H groups in total. The molecule has 1 aliphatic heterocycles. The number of nitrogens with zero attached hydrogens (tertiary/aromatic N) is 1. The number of likely N-dealkylation sites (tertiary alicyclic amines) is 1. The first kappa shape index (κ1) is 16.0. The summed E-state index contributed by atoms with van der Waals surface area (Å²) in [6, 6.07) is 1.30. The van der Waals surface area contributed by atoms with Crippen molar-refractivity contribution in [3.8, 4) is 0 Å². The highest BCUT2D eigenvalue weighted by Crippen LogP contribution is 2.38. The Bertz CT molecular complexity index is 607. The first-order valence-corrected chi connectivity index (χ1v) is 8.86. The Morgan fingerprint density at radius 1 is 1.33 bits per heavy atom. The molecule has 0 aliphatic carbocycles. The van der Waals surface area contributed by atoms with Gasteiger partial charge >= 0.3 is 0 Å². The van der Waals surface area contributed by atoms with Gasteiger partial charge in [0, 0.05) is 19.3 Å². The molecule has 2 heterocycles. The summed E-state index contributed by atoms with van der Waals surface area (Å²) in [6.07, 6.45) is 5.51. The Kier molecular flexibility index (Phi) is 4.43. The van der Waals surface area contributed by atoms with Gasteiger partial charge < -0.3 is 9.88 Å². The molecular weight excluding hydrogens is 290 g/mol. The van der Waals surface area contributed by atoms with Gasteiger partial charge in [-0.05, 0) is 24.3 Å². The zero-order chi connectivity index (χ0) is 15.7. The van der Waals surface area contributed by atoms with E-state index in [1.165, 1.54) is 12.3 Å². The molecule has 0 unspecified atom stereocenters. The fraction of sp³-hybridized carbons (Fsp3) is 0.643. The Hall–Kier alpha value is -1.34. The van der Waals surface area contributed by atoms with Gasteiger partial charge in [-0.2, -0.15) is 0 Å². The topological polar surface area (TPSA) is 96.3 Å². The van der Waals surface area contributed by atoms with E-state index in [1.807, 2.05) is 0 Å². The molecule has 0 aromatic carbocycles. The Labute approximate surface area is 125 Å². The number of piperidine rings is 1. The van der Waals surface area contributed by atoms with Crippen LogP contribution in [0.1, 0.15) is 50.0 Å². The summed E-state index contributed by atoms with van der Waals surface area (Å²) in [6.45, 7) is 5.82. The van der Waals surface area contributed by atoms with Crippen molar-refractivity contribution in [2.24, 2.45) is 10.6 Å². The number of amides is 1. The molecule has 1 saturated heterocycles. The number of nitrogens with two attached hydrogens (primary N) is 1. The van der Waals surface area contributed by atoms with Gasteiger partial charge in [-0.3, -0.25) is 4.79 Å². The lowest BCUT2D eigenvalue weighted by atomic mass is 9.74. The van der Waals surface area contributed by atoms with Gasteiger partial charge in [0.25, 0.3) is 5.91 Å². The van der Waals surface area contributed by atoms with Crippen molar-refractivity contribution in [2.45, 2.75) is 44.4 Å². The van der Waals surface area contributed by atoms with Gasteiger partial charge in [0.1, 0.15) is 5.69 Å². The van der Waals surface area contributed by atoms with Crippen LogP contribution in [-0.2, 0) is 10.0 Å². The van der Waals surface area contributed by atoms with Crippen LogP contribution in [0.5, 0.6) is 0 Å². The van der Waals surface area contributed by atoms with Crippen molar-refractivity contribution < 1.29 is 13.2 Å². The van der Waals surface area contributed by atoms with Crippen molar-refractivity contribution in [1.29, 1.82) is 0 Å². The van der Waals surface area contributed by atoms with Crippen molar-refractivity contribution in [1.82, 2.24) is 9.88 Å². The van der Waals surface area contributed by atoms with Crippen LogP contribution in [0.4, 0.5) is 0 Å². The molecule has 0 spiro atoms. The minimum Gasteiger partial charge on any atom is -0.356 e. The predicted octanol–water partition coefficient (Wildman–Crippen LogP) is 1.70. The Balaban J connectivity index is 2.07. The van der Waals surface area contributed by atoms with Crippen molar-refractivity contribution in [3.05, 3.63) is 18.0 Å². The molecule has 6 nitrogen and oxygen atoms in total. The number of aromatic nitrogens is 1. The third-order valence-corrected chi connectivity index (χ3v) is 5.72. The Morgan fingerprint density at radius 2 is 1.90 bits per heavy atom. The van der Waals surface area contributed by atoms with Crippen LogP contribution in [0.25, 0.3) is 0 Å². The quantitative estimate of drug-likeness (QED) is 0.885. The fourth-order valence-electron chi connectivity index (χ4n) is 2.97. The summed E-state index contributed by atoms with van der Waals surface area (Å²) in [7, 11) is -3.77. The zero-order valence-corrected chi connectivity index (χ0v) is 13.4. The lowest BCUT2D eigenvalue weighted by molar-refractivity contribution is 0.0553. The second kappa shape index (κ2) is 5.81. The smallest absolute Gasteiger partial charge is 0.270 e. The maximum Gasteiger partial charge on any atom is 0.270 e. The molecule has 1 aromatic rings. The number of sulfonamides is 1. The van der Waals surface area contributed by atoms with Crippen LogP contribution in [0, 0.1) is 5.41 Å². The summed E-state index contributed by atoms with van der Waals surface area (Å²) in [5.74, 6) is -0.161. The normalized spacial score (nSPS) is 18.7. The summed E-state index contributed by atoms with van der Waals surface area (Å²) in [4.78, 5) is 16.8. The molecule has 0 bridgehead atoms. The van der Waals surface area contributed by atoms with E-state index in [1.54, 1.807) is 4.90 Å². The van der Waals surface area contributed by atoms with Crippen molar-refractivity contribution in [2.75, 3.05) is 13.1 Å². The van der Waals surface area contributed by atoms with Crippen LogP contribution in [0.2, 0.25) is 0 Å². The van der Waals surface area contributed by atoms with E-state index in [0.717, 1.165) is 25.7 Å². The number of aromatic amines is 1. The third kappa shape index (κ3) is 3.29. The summed E-state index contributed by atoms with van der Waals surface area (Å²) >= 11 is 0. The number of carbonyl (C=O) groups excluding carboxylic acids is 1. The van der Waals surface area contributed by atoms with Gasteiger partial charge in [-0.1, -0.05) is 26.7 Å². The molecule has 0 radical (unpaired) electrons. The summed E-state index contributed by atoms with van der Waals surface area (Å²) in [5, 5.41) is 5.05. The van der Waals surface area contributed by atoms with Crippen LogP contribution in [-0.4, -0.2) is 37.3 Å². The average Bonchev–Trinajstić information content (AvgIpc) is 2.96. The molecule has 1 amide bonds. The monoisotopic (exact) mass is 313 g/mol. The molecule has 1 fully saturated rings. The first-order valence-electron chi connectivity index (χ1n) is 7.32. The maximum atomic E-state index is 12.4. The van der Waals surface area contributed by atoms with Gasteiger partial charge in [-0.15, -0.1) is 0 Å². The van der Waals surface area contributed by atoms with Gasteiger partial charge in [0.05, 0.1) is 4.90 Å². The number of nitrogens with one attached hydrogen (secondary N) is 1. The maximum absolute atomic E-state index is 12.4. The SMILES string of the molecule is CCC1(CC)CCN(C(=O)c2cc(S(N)(=O)=O)c[nH]2)CC1. The molecule has 0 atom stereocenters. The van der Waals surface area contributed by atoms with E-state index in [4.69, 9.17) is 5.14 Å². The molecule has 2 rings (SSSR count). The average molecular weight is 313 g/mol. The van der Waals surface area contributed by atoms with E-state index < -0.39 is 10.0 Å². The molecule has 7 heteroatoms. The third-order valence-electron chi connectivity index (χ3n) is 4.83. The molecule has 0 saturated carbocycles. The summed E-state index contributed by atoms with van der Waals surface area (Å²) < 4.78 is 22.5. The number of hydrogen-bond acceptors (Lipinski definition) is 3. The van der Waals surface area contributed by atoms with E-state index in [9.17, 15) is 13.2 Å². The van der Waals surface area contributed by atoms with Crippen LogP contribution in [0.3, 0.4) is 0 Å². The first-order chi connectivity index (χ1) is 9.81. The molecule has 21 heavy (non-hydrogen) atoms. The number of primary sulfonamides is 1. The van der Waals surface area contributed by atoms with E-state index >= 15 is 0 Å². The summed E-state index contributed by atoms with van der Waals surface area (Å²) in [5.41, 5.74) is 0.623. The van der Waals surface area contributed by atoms with Crippen molar-refractivity contribution in [3.63, 3.8) is 0 Å². The van der Waals surface area contributed by atoms with E-state index in [0.29, 0.717) is 18.5 Å². The number of hydrogen-bond donors (Lipinski definition) is 2. The van der Waals surface area contributed by atoms with Gasteiger partial charge in [-0.25, -0.2) is 13.6 Å². The molecule has 1 aliphatic rings. The highest BCUT2D eigenvalue weighted by atomic mass is 32.2. The molecule has 118 valence electrons. The van der Waals surface area contributed by atoms with Crippen LogP contribution >= 0.6 is 0 Å². The predicted molar refractivity (Wildman–Crippen MR) is 80.3 cm³/mol. The van der Waals surface area contributed by atoms with Crippen LogP contribution in [0.15, 0.2) is 17.2 Å². The largest absolute Gasteiger partial charge is 0.356 e. The van der Waals surface area contributed by atoms with E-state index in [2.05, 4.69) is 18.8 Å². The molecule has 1 aromatic heterocycles. The number of carbonyl (C=O) groups is 1. The second-order valence-corrected chi connectivity index (χ2v) is 7.35. The lowest BCUT2D eigenvalue weighted by Crippen LogP contribution is -2.42. The Morgan fingerprint density at radius 3 is 2.33 bits per heavy atom. The highest BCUT2D eigenvalue weighted by molar-refractivity contribution is 7.89. The zero-order valence-electron chi connectivity index (χ0n) is 12.6. The number of H-pyrrole nitrogens is 1. The standard InChI is InChI=1S/C14H23N3O3S/c1-3-14(4-2)5-7-17(8-6-14)13(18)12-9-11(10-16-12)21(15,19)20/h9-10,16H,3-8H2,1-2H3,(H2,15,19,20). The van der Waals surface area contributed by atoms with E-state index in [-0.39, 0.29) is 16.5 Å². The number of rotatable bonds is 4. The minimum absolute atomic E-state index is 0.0562. The van der Waals surface area contributed by atoms with Crippen LogP contribution < -0.4 is 5.14 Å². The fourth-order valence-corrected chi connectivity index (χ4v) is 3.48. The van der Waals surface area contributed by atoms with Gasteiger partial charge in [0.2, 0.25) is 10.0 Å². The lowest BCUT2D eigenvalue weighted by Gasteiger charge is -2.40.